The van der Waals surface area contributed by atoms with Crippen molar-refractivity contribution in [3.8, 4) is 0 Å². The van der Waals surface area contributed by atoms with Gasteiger partial charge in [-0.25, -0.2) is 8.42 Å². The molecule has 5 nitrogen and oxygen atoms in total. The number of nitrogens with one attached hydrogen (secondary N) is 1. The molecule has 0 unspecified atom stereocenters. The number of para-hydroxylation sites is 1. The number of anilines is 2. The molecule has 6 heteroatoms. The first-order valence-corrected chi connectivity index (χ1v) is 9.52. The first kappa shape index (κ1) is 18.0. The zero-order chi connectivity index (χ0) is 17.7. The predicted octanol–water partition coefficient (Wildman–Crippen LogP) is 3.10. The van der Waals surface area contributed by atoms with Crippen LogP contribution in [0.25, 0.3) is 0 Å². The van der Waals surface area contributed by atoms with Crippen molar-refractivity contribution in [3.63, 3.8) is 0 Å². The van der Waals surface area contributed by atoms with Crippen molar-refractivity contribution in [1.82, 2.24) is 0 Å². The summed E-state index contributed by atoms with van der Waals surface area (Å²) >= 11 is 0. The van der Waals surface area contributed by atoms with Crippen molar-refractivity contribution < 1.29 is 13.2 Å². The lowest BCUT2D eigenvalue weighted by Crippen LogP contribution is -2.33. The lowest BCUT2D eigenvalue weighted by molar-refractivity contribution is -0.116. The normalized spacial score (nSPS) is 11.1. The van der Waals surface area contributed by atoms with Crippen LogP contribution in [-0.2, 0) is 14.8 Å². The number of benzene rings is 2. The number of nitrogens with zero attached hydrogens (tertiary/aromatic N) is 1. The Morgan fingerprint density at radius 3 is 2.33 bits per heavy atom. The molecule has 0 fully saturated rings. The monoisotopic (exact) mass is 346 g/mol. The molecule has 0 bridgehead atoms. The van der Waals surface area contributed by atoms with Crippen molar-refractivity contribution in [2.45, 2.75) is 20.3 Å². The summed E-state index contributed by atoms with van der Waals surface area (Å²) in [5, 5.41) is 2.76. The summed E-state index contributed by atoms with van der Waals surface area (Å²) < 4.78 is 25.6. The van der Waals surface area contributed by atoms with E-state index in [0.717, 1.165) is 17.4 Å². The molecule has 0 aliphatic carbocycles. The highest BCUT2D eigenvalue weighted by Crippen LogP contribution is 2.23. The minimum Gasteiger partial charge on any atom is -0.326 e. The number of rotatable bonds is 6. The van der Waals surface area contributed by atoms with Crippen LogP contribution in [0.2, 0.25) is 0 Å². The second-order valence-corrected chi connectivity index (χ2v) is 7.70. The number of amides is 1. The third kappa shape index (κ3) is 4.83. The Labute approximate surface area is 143 Å². The van der Waals surface area contributed by atoms with Crippen LogP contribution in [0.5, 0.6) is 0 Å². The van der Waals surface area contributed by atoms with Gasteiger partial charge in [0.15, 0.2) is 0 Å². The van der Waals surface area contributed by atoms with Crippen molar-refractivity contribution in [2.75, 3.05) is 22.4 Å². The van der Waals surface area contributed by atoms with E-state index in [0.29, 0.717) is 11.4 Å². The van der Waals surface area contributed by atoms with Crippen LogP contribution in [0, 0.1) is 13.8 Å². The molecule has 0 atom stereocenters. The Bertz CT molecular complexity index is 817. The lowest BCUT2D eigenvalue weighted by atomic mass is 10.1. The molecule has 0 saturated heterocycles. The summed E-state index contributed by atoms with van der Waals surface area (Å²) in [6, 6.07) is 14.7. The van der Waals surface area contributed by atoms with E-state index < -0.39 is 10.0 Å². The Hall–Kier alpha value is -2.34. The van der Waals surface area contributed by atoms with Gasteiger partial charge in [0.1, 0.15) is 0 Å². The lowest BCUT2D eigenvalue weighted by Gasteiger charge is -2.24. The summed E-state index contributed by atoms with van der Waals surface area (Å²) in [7, 11) is -3.47. The molecule has 0 heterocycles. The zero-order valence-electron chi connectivity index (χ0n) is 14.1. The van der Waals surface area contributed by atoms with Crippen LogP contribution in [0.1, 0.15) is 17.5 Å². The van der Waals surface area contributed by atoms with Gasteiger partial charge in [0.25, 0.3) is 0 Å². The number of carbonyl (C=O) groups is 1. The summed E-state index contributed by atoms with van der Waals surface area (Å²) in [6.45, 7) is 3.92. The van der Waals surface area contributed by atoms with Crippen LogP contribution in [0.4, 0.5) is 11.4 Å². The van der Waals surface area contributed by atoms with Gasteiger partial charge in [0.2, 0.25) is 15.9 Å². The van der Waals surface area contributed by atoms with Gasteiger partial charge in [0.05, 0.1) is 11.9 Å². The maximum absolute atomic E-state index is 12.1. The molecule has 0 aliphatic rings. The summed E-state index contributed by atoms with van der Waals surface area (Å²) in [5.74, 6) is -0.223. The number of hydrogen-bond acceptors (Lipinski definition) is 3. The fourth-order valence-electron chi connectivity index (χ4n) is 2.50. The number of aryl methyl sites for hydroxylation is 2. The molecule has 128 valence electrons. The van der Waals surface area contributed by atoms with E-state index in [1.807, 2.05) is 44.2 Å². The van der Waals surface area contributed by atoms with E-state index in [-0.39, 0.29) is 18.9 Å². The molecular weight excluding hydrogens is 324 g/mol. The Morgan fingerprint density at radius 1 is 1.08 bits per heavy atom. The average molecular weight is 346 g/mol. The molecule has 1 N–H and O–H groups in total. The van der Waals surface area contributed by atoms with Crippen molar-refractivity contribution in [2.24, 2.45) is 0 Å². The van der Waals surface area contributed by atoms with Crippen LogP contribution >= 0.6 is 0 Å². The fraction of sp³-hybridized carbons (Fsp3) is 0.278. The van der Waals surface area contributed by atoms with Gasteiger partial charge >= 0.3 is 0 Å². The van der Waals surface area contributed by atoms with Crippen molar-refractivity contribution in [1.29, 1.82) is 0 Å². The van der Waals surface area contributed by atoms with Gasteiger partial charge in [-0.05, 0) is 37.6 Å². The van der Waals surface area contributed by atoms with Crippen LogP contribution in [-0.4, -0.2) is 27.1 Å². The van der Waals surface area contributed by atoms with Crippen LogP contribution < -0.4 is 9.62 Å². The smallest absolute Gasteiger partial charge is 0.232 e. The fourth-order valence-corrected chi connectivity index (χ4v) is 3.48. The van der Waals surface area contributed by atoms with E-state index in [1.54, 1.807) is 18.2 Å². The second-order valence-electron chi connectivity index (χ2n) is 5.79. The topological polar surface area (TPSA) is 66.5 Å². The Kier molecular flexibility index (Phi) is 5.62. The predicted molar refractivity (Wildman–Crippen MR) is 97.8 cm³/mol. The molecule has 2 aromatic carbocycles. The standard InChI is InChI=1S/C18H22N2O3S/c1-14-9-10-17(15(2)13-14)20(24(3,22)23)12-11-18(21)19-16-7-5-4-6-8-16/h4-10,13H,11-12H2,1-3H3,(H,19,21). The van der Waals surface area contributed by atoms with Crippen molar-refractivity contribution >= 4 is 27.3 Å². The van der Waals surface area contributed by atoms with Crippen LogP contribution in [0.3, 0.4) is 0 Å². The van der Waals surface area contributed by atoms with Gasteiger partial charge in [-0.15, -0.1) is 0 Å². The van der Waals surface area contributed by atoms with Gasteiger partial charge in [-0.1, -0.05) is 35.9 Å². The maximum atomic E-state index is 12.1. The van der Waals surface area contributed by atoms with E-state index in [9.17, 15) is 13.2 Å². The van der Waals surface area contributed by atoms with E-state index in [2.05, 4.69) is 5.32 Å². The minimum atomic E-state index is -3.47. The van der Waals surface area contributed by atoms with Gasteiger partial charge in [-0.2, -0.15) is 0 Å². The highest BCUT2D eigenvalue weighted by Gasteiger charge is 2.20. The summed E-state index contributed by atoms with van der Waals surface area (Å²) in [6.07, 6.45) is 1.23. The molecule has 0 saturated carbocycles. The number of carbonyl (C=O) groups excluding carboxylic acids is 1. The summed E-state index contributed by atoms with van der Waals surface area (Å²) in [4.78, 5) is 12.1. The SMILES string of the molecule is Cc1ccc(N(CCC(=O)Nc2ccccc2)S(C)(=O)=O)c(C)c1. The molecular formula is C18H22N2O3S. The molecule has 0 radical (unpaired) electrons. The molecule has 2 aromatic rings. The molecule has 0 spiro atoms. The Morgan fingerprint density at radius 2 is 1.75 bits per heavy atom. The molecule has 0 aliphatic heterocycles. The second kappa shape index (κ2) is 7.49. The van der Waals surface area contributed by atoms with Crippen molar-refractivity contribution in [3.05, 3.63) is 59.7 Å². The van der Waals surface area contributed by atoms with E-state index in [4.69, 9.17) is 0 Å². The van der Waals surface area contributed by atoms with E-state index >= 15 is 0 Å². The zero-order valence-corrected chi connectivity index (χ0v) is 14.9. The number of hydrogen-bond donors (Lipinski definition) is 1. The van der Waals surface area contributed by atoms with E-state index in [1.165, 1.54) is 4.31 Å². The number of sulfonamides is 1. The first-order chi connectivity index (χ1) is 11.3. The van der Waals surface area contributed by atoms with Gasteiger partial charge in [0, 0.05) is 18.7 Å². The third-order valence-electron chi connectivity index (χ3n) is 3.62. The molecule has 2 rings (SSSR count). The third-order valence-corrected chi connectivity index (χ3v) is 4.80. The first-order valence-electron chi connectivity index (χ1n) is 7.67. The highest BCUT2D eigenvalue weighted by atomic mass is 32.2. The molecule has 1 amide bonds. The molecule has 24 heavy (non-hydrogen) atoms. The average Bonchev–Trinajstić information content (AvgIpc) is 2.49. The largest absolute Gasteiger partial charge is 0.326 e. The molecule has 0 aromatic heterocycles. The minimum absolute atomic E-state index is 0.0787. The quantitative estimate of drug-likeness (QED) is 0.874. The maximum Gasteiger partial charge on any atom is 0.232 e. The van der Waals surface area contributed by atoms with Crippen LogP contribution in [0.15, 0.2) is 48.5 Å². The van der Waals surface area contributed by atoms with Gasteiger partial charge in [-0.3, -0.25) is 9.10 Å². The summed E-state index contributed by atoms with van der Waals surface area (Å²) in [5.41, 5.74) is 3.23. The highest BCUT2D eigenvalue weighted by molar-refractivity contribution is 7.92. The van der Waals surface area contributed by atoms with Gasteiger partial charge < -0.3 is 5.32 Å². The Balaban J connectivity index is 2.11.